The van der Waals surface area contributed by atoms with Gasteiger partial charge < -0.3 is 0 Å². The summed E-state index contributed by atoms with van der Waals surface area (Å²) in [6.45, 7) is 5.54. The number of hydrogen-bond donors (Lipinski definition) is 1. The second-order valence-corrected chi connectivity index (χ2v) is 3.22. The predicted molar refractivity (Wildman–Crippen MR) is 52.2 cm³/mol. The molecule has 0 aromatic rings. The summed E-state index contributed by atoms with van der Waals surface area (Å²) in [6, 6.07) is 0. The molecule has 0 saturated heterocycles. The molecule has 0 aliphatic carbocycles. The maximum atomic E-state index is 11.3. The number of carbonyl (C=O) groups is 1. The van der Waals surface area contributed by atoms with Crippen molar-refractivity contribution in [3.05, 3.63) is 11.1 Å². The number of hydrogen-bond acceptors (Lipinski definition) is 2. The van der Waals surface area contributed by atoms with E-state index in [0.717, 1.165) is 5.57 Å². The third kappa shape index (κ3) is 1.58. The molecule has 0 atom stereocenters. The fourth-order valence-corrected chi connectivity index (χ4v) is 1.38. The monoisotopic (exact) mass is 182 g/mol. The van der Waals surface area contributed by atoms with Gasteiger partial charge in [0.25, 0.3) is 5.91 Å². The van der Waals surface area contributed by atoms with Crippen LogP contribution in [0, 0.1) is 0 Å². The third-order valence-electron chi connectivity index (χ3n) is 1.58. The maximum absolute atomic E-state index is 11.3. The molecule has 0 saturated carbocycles. The maximum Gasteiger partial charge on any atom is 0.259 e. The van der Waals surface area contributed by atoms with E-state index in [1.165, 1.54) is 0 Å². The summed E-state index contributed by atoms with van der Waals surface area (Å²) >= 11 is 4.76. The van der Waals surface area contributed by atoms with E-state index in [2.05, 4.69) is 10.3 Å². The van der Waals surface area contributed by atoms with Crippen molar-refractivity contribution in [1.29, 1.82) is 0 Å². The minimum absolute atomic E-state index is 0.146. The Morgan fingerprint density at radius 3 is 2.50 bits per heavy atom. The molecule has 1 aliphatic rings. The highest BCUT2D eigenvalue weighted by Crippen LogP contribution is 2.10. The summed E-state index contributed by atoms with van der Waals surface area (Å²) in [5.74, 6) is -0.146. The van der Waals surface area contributed by atoms with Gasteiger partial charge in [0, 0.05) is 0 Å². The minimum Gasteiger partial charge on any atom is -0.297 e. The number of thiocarbonyl (C=S) groups is 1. The molecule has 1 N–H and O–H groups in total. The number of aliphatic imine (C=N–C) groups is 1. The van der Waals surface area contributed by atoms with Gasteiger partial charge in [-0.25, -0.2) is 4.99 Å². The van der Waals surface area contributed by atoms with Gasteiger partial charge in [0.05, 0.1) is 11.3 Å². The van der Waals surface area contributed by atoms with Crippen LogP contribution in [0.2, 0.25) is 0 Å². The molecule has 0 aromatic carbocycles. The van der Waals surface area contributed by atoms with Gasteiger partial charge in [-0.15, -0.1) is 0 Å². The van der Waals surface area contributed by atoms with Crippen molar-refractivity contribution < 1.29 is 4.79 Å². The summed E-state index contributed by atoms with van der Waals surface area (Å²) in [4.78, 5) is 15.3. The standard InChI is InChI=1S/C8H10N2OS/c1-4(2)6-5(3)9-8(12)10-7(6)11/h1-3H3,(H,10,11,12). The van der Waals surface area contributed by atoms with Gasteiger partial charge in [-0.1, -0.05) is 5.57 Å². The van der Waals surface area contributed by atoms with Crippen LogP contribution in [-0.4, -0.2) is 16.7 Å². The molecule has 0 bridgehead atoms. The first-order chi connectivity index (χ1) is 5.52. The van der Waals surface area contributed by atoms with E-state index in [4.69, 9.17) is 12.2 Å². The van der Waals surface area contributed by atoms with Gasteiger partial charge >= 0.3 is 0 Å². The number of carbonyl (C=O) groups excluding carboxylic acids is 1. The lowest BCUT2D eigenvalue weighted by atomic mass is 10.1. The van der Waals surface area contributed by atoms with Crippen molar-refractivity contribution in [1.82, 2.24) is 5.32 Å². The van der Waals surface area contributed by atoms with Crippen molar-refractivity contribution in [2.24, 2.45) is 4.99 Å². The zero-order valence-corrected chi connectivity index (χ0v) is 8.08. The molecule has 0 radical (unpaired) electrons. The quantitative estimate of drug-likeness (QED) is 0.452. The lowest BCUT2D eigenvalue weighted by molar-refractivity contribution is -0.115. The average molecular weight is 182 g/mol. The third-order valence-corrected chi connectivity index (χ3v) is 1.77. The molecule has 3 nitrogen and oxygen atoms in total. The van der Waals surface area contributed by atoms with E-state index in [1.807, 2.05) is 13.8 Å². The molecule has 1 amide bonds. The molecule has 0 spiro atoms. The van der Waals surface area contributed by atoms with Crippen LogP contribution in [0.15, 0.2) is 16.1 Å². The summed E-state index contributed by atoms with van der Waals surface area (Å²) in [5.41, 5.74) is 2.30. The van der Waals surface area contributed by atoms with Crippen LogP contribution < -0.4 is 5.32 Å². The van der Waals surface area contributed by atoms with Crippen molar-refractivity contribution in [2.75, 3.05) is 0 Å². The first-order valence-electron chi connectivity index (χ1n) is 3.61. The lowest BCUT2D eigenvalue weighted by Gasteiger charge is -2.14. The minimum atomic E-state index is -0.146. The molecule has 0 unspecified atom stereocenters. The van der Waals surface area contributed by atoms with Crippen LogP contribution in [-0.2, 0) is 4.79 Å². The molecule has 12 heavy (non-hydrogen) atoms. The zero-order valence-electron chi connectivity index (χ0n) is 7.26. The smallest absolute Gasteiger partial charge is 0.259 e. The lowest BCUT2D eigenvalue weighted by Crippen LogP contribution is -2.36. The van der Waals surface area contributed by atoms with Crippen molar-refractivity contribution in [2.45, 2.75) is 20.8 Å². The molecule has 0 fully saturated rings. The molecule has 1 rings (SSSR count). The van der Waals surface area contributed by atoms with E-state index >= 15 is 0 Å². The Morgan fingerprint density at radius 2 is 2.08 bits per heavy atom. The topological polar surface area (TPSA) is 41.5 Å². The molecule has 1 aliphatic heterocycles. The molecule has 64 valence electrons. The van der Waals surface area contributed by atoms with E-state index in [-0.39, 0.29) is 11.0 Å². The van der Waals surface area contributed by atoms with Crippen molar-refractivity contribution in [3.8, 4) is 0 Å². The Hall–Kier alpha value is -1.03. The Bertz CT molecular complexity index is 311. The largest absolute Gasteiger partial charge is 0.297 e. The first kappa shape index (κ1) is 9.06. The normalized spacial score (nSPS) is 17.2. The molecule has 1 heterocycles. The number of amides is 1. The van der Waals surface area contributed by atoms with Crippen LogP contribution >= 0.6 is 12.2 Å². The van der Waals surface area contributed by atoms with Gasteiger partial charge in [-0.2, -0.15) is 0 Å². The second kappa shape index (κ2) is 3.15. The highest BCUT2D eigenvalue weighted by molar-refractivity contribution is 7.80. The van der Waals surface area contributed by atoms with Crippen LogP contribution in [0.1, 0.15) is 20.8 Å². The van der Waals surface area contributed by atoms with Crippen molar-refractivity contribution >= 4 is 28.9 Å². The Balaban J connectivity index is 3.20. The van der Waals surface area contributed by atoms with Gasteiger partial charge in [0.15, 0.2) is 5.11 Å². The van der Waals surface area contributed by atoms with E-state index in [0.29, 0.717) is 11.3 Å². The number of rotatable bonds is 0. The highest BCUT2D eigenvalue weighted by atomic mass is 32.1. The van der Waals surface area contributed by atoms with E-state index in [9.17, 15) is 4.79 Å². The SMILES string of the molecule is CC1=NC(=S)NC(=O)C1=C(C)C. The fraction of sp³-hybridized carbons (Fsp3) is 0.375. The van der Waals surface area contributed by atoms with E-state index in [1.54, 1.807) is 6.92 Å². The number of nitrogens with one attached hydrogen (secondary N) is 1. The summed E-state index contributed by atoms with van der Waals surface area (Å²) in [7, 11) is 0. The second-order valence-electron chi connectivity index (χ2n) is 2.83. The highest BCUT2D eigenvalue weighted by Gasteiger charge is 2.20. The summed E-state index contributed by atoms with van der Waals surface area (Å²) in [5, 5.41) is 2.74. The summed E-state index contributed by atoms with van der Waals surface area (Å²) < 4.78 is 0. The Morgan fingerprint density at radius 1 is 1.50 bits per heavy atom. The molecular weight excluding hydrogens is 172 g/mol. The predicted octanol–water partition coefficient (Wildman–Crippen LogP) is 1.20. The average Bonchev–Trinajstić information content (AvgIpc) is 1.82. The van der Waals surface area contributed by atoms with Crippen LogP contribution in [0.5, 0.6) is 0 Å². The number of nitrogens with zero attached hydrogens (tertiary/aromatic N) is 1. The van der Waals surface area contributed by atoms with Gasteiger partial charge in [0.2, 0.25) is 0 Å². The van der Waals surface area contributed by atoms with Gasteiger partial charge in [0.1, 0.15) is 0 Å². The first-order valence-corrected chi connectivity index (χ1v) is 4.01. The zero-order chi connectivity index (χ0) is 9.30. The fourth-order valence-electron chi connectivity index (χ4n) is 1.15. The van der Waals surface area contributed by atoms with Gasteiger partial charge in [-0.3, -0.25) is 10.1 Å². The van der Waals surface area contributed by atoms with Crippen LogP contribution in [0.3, 0.4) is 0 Å². The van der Waals surface area contributed by atoms with Crippen molar-refractivity contribution in [3.63, 3.8) is 0 Å². The summed E-state index contributed by atoms with van der Waals surface area (Å²) in [6.07, 6.45) is 0. The van der Waals surface area contributed by atoms with Gasteiger partial charge in [-0.05, 0) is 33.0 Å². The van der Waals surface area contributed by atoms with E-state index < -0.39 is 0 Å². The Kier molecular flexibility index (Phi) is 2.38. The molecular formula is C8H10N2OS. The van der Waals surface area contributed by atoms with Crippen LogP contribution in [0.4, 0.5) is 0 Å². The number of allylic oxidation sites excluding steroid dienone is 1. The van der Waals surface area contributed by atoms with Crippen LogP contribution in [0.25, 0.3) is 0 Å². The Labute approximate surface area is 76.6 Å². The molecule has 0 aromatic heterocycles. The molecule has 4 heteroatoms.